The summed E-state index contributed by atoms with van der Waals surface area (Å²) < 4.78 is 23.7. The summed E-state index contributed by atoms with van der Waals surface area (Å²) in [5, 5.41) is 9.29. The number of carboxylic acid groups (broad SMARTS) is 1. The van der Waals surface area contributed by atoms with Gasteiger partial charge in [-0.25, -0.2) is 4.79 Å². The molecule has 0 spiro atoms. The monoisotopic (exact) mass is 1060 g/mol. The number of carboxylic acids is 1. The van der Waals surface area contributed by atoms with E-state index in [4.69, 9.17) is 41.1 Å². The van der Waals surface area contributed by atoms with E-state index in [2.05, 4.69) is 25.8 Å². The zero-order valence-electron chi connectivity index (χ0n) is 44.7. The summed E-state index contributed by atoms with van der Waals surface area (Å²) in [5.74, 6) is -0.168. The Balaban J connectivity index is 0.771. The largest absolute Gasteiger partial charge is 0.493 e. The first kappa shape index (κ1) is 54.8. The standard InChI is InChI=1S/C60H68N8O10/c1-34(2)55(46(61)10-7-6-8-21-66-53(69)19-20-54(66)70)57(63)35(3)56(62)38-15-11-36(12-16-38)40-24-42-30-64-47-28-51(49(75-4)26-44(47)58(71)67(42)32-40)77-22-9-23-78-52-29-48-45(27-50(52)76-5)59(72)68-33-41(25-43(68)31-65-48)37-13-17-39(18-14-37)60(73)74/h11-20,26-35,42-43,46,55-57H,6-10,21-25,61-63H2,1-5H3,(H,73,74)/t35-,42+,43+,46?,55+,56?,57?/m1/s1. The lowest BCUT2D eigenvalue weighted by Gasteiger charge is -2.38. The molecular weight excluding hydrogens is 993 g/mol. The van der Waals surface area contributed by atoms with Crippen molar-refractivity contribution >= 4 is 64.5 Å². The number of aromatic carboxylic acids is 1. The van der Waals surface area contributed by atoms with Gasteiger partial charge >= 0.3 is 5.97 Å². The highest BCUT2D eigenvalue weighted by molar-refractivity contribution is 6.13. The molecule has 4 aromatic rings. The van der Waals surface area contributed by atoms with Crippen LogP contribution in [0.15, 0.2) is 107 Å². The SMILES string of the molecule is COc1cc2c(cc1OCCCOc1cc3c(cc1OC)C(=O)N1C=C(c4ccc(C(N)[C@@H](C)C(N)[C@@H](C(C)C)C(N)CCCCCN5C(=O)C=CC5=O)cc4)C[C@H]1C=N3)N=C[C@@H]1CC(c3ccc(C(=O)O)cc3)=CN1C2=O. The van der Waals surface area contributed by atoms with Crippen LogP contribution in [0, 0.1) is 17.8 Å². The van der Waals surface area contributed by atoms with Crippen molar-refractivity contribution < 1.29 is 48.0 Å². The number of carbonyl (C=O) groups excluding carboxylic acids is 4. The zero-order chi connectivity index (χ0) is 55.4. The van der Waals surface area contributed by atoms with Crippen molar-refractivity contribution in [1.29, 1.82) is 0 Å². The predicted molar refractivity (Wildman–Crippen MR) is 298 cm³/mol. The molecule has 0 aliphatic carbocycles. The Hall–Kier alpha value is -7.93. The zero-order valence-corrected chi connectivity index (χ0v) is 44.7. The fraction of sp³-hybridized carbons (Fsp3) is 0.383. The summed E-state index contributed by atoms with van der Waals surface area (Å²) in [6, 6.07) is 20.1. The van der Waals surface area contributed by atoms with Gasteiger partial charge < -0.3 is 51.1 Å². The highest BCUT2D eigenvalue weighted by Crippen LogP contribution is 2.42. The van der Waals surface area contributed by atoms with Gasteiger partial charge in [0.1, 0.15) is 0 Å². The number of hydrogen-bond donors (Lipinski definition) is 4. The second-order valence-electron chi connectivity index (χ2n) is 20.9. The first-order chi connectivity index (χ1) is 37.5. The molecule has 0 fully saturated rings. The molecule has 0 aromatic heterocycles. The van der Waals surface area contributed by atoms with Gasteiger partial charge in [0.2, 0.25) is 0 Å². The molecule has 408 valence electrons. The van der Waals surface area contributed by atoms with E-state index in [9.17, 15) is 29.1 Å². The number of methoxy groups -OCH3 is 2. The summed E-state index contributed by atoms with van der Waals surface area (Å²) >= 11 is 0. The Morgan fingerprint density at radius 3 is 1.64 bits per heavy atom. The number of rotatable bonds is 23. The molecule has 0 saturated carbocycles. The topological polar surface area (TPSA) is 255 Å². The molecule has 18 heteroatoms. The van der Waals surface area contributed by atoms with E-state index in [-0.39, 0.29) is 90.4 Å². The fourth-order valence-electron chi connectivity index (χ4n) is 11.1. The molecule has 3 unspecified atom stereocenters. The molecule has 78 heavy (non-hydrogen) atoms. The Bertz CT molecular complexity index is 3090. The van der Waals surface area contributed by atoms with Crippen molar-refractivity contribution in [2.45, 2.75) is 95.9 Å². The second kappa shape index (κ2) is 23.8. The summed E-state index contributed by atoms with van der Waals surface area (Å²) in [5.41, 5.74) is 27.2. The van der Waals surface area contributed by atoms with Crippen molar-refractivity contribution in [2.75, 3.05) is 34.0 Å². The van der Waals surface area contributed by atoms with Crippen LogP contribution in [0.3, 0.4) is 0 Å². The Morgan fingerprint density at radius 2 is 1.17 bits per heavy atom. The highest BCUT2D eigenvalue weighted by Gasteiger charge is 2.37. The maximum absolute atomic E-state index is 14.2. The number of imide groups is 1. The molecule has 4 aromatic carbocycles. The Kier molecular flexibility index (Phi) is 16.7. The number of nitrogens with two attached hydrogens (primary N) is 3. The van der Waals surface area contributed by atoms with Crippen LogP contribution in [0.1, 0.15) is 120 Å². The molecule has 0 saturated heterocycles. The van der Waals surface area contributed by atoms with Crippen LogP contribution in [0.25, 0.3) is 11.1 Å². The molecule has 9 rings (SSSR count). The predicted octanol–water partition coefficient (Wildman–Crippen LogP) is 8.24. The molecular formula is C60H68N8O10. The van der Waals surface area contributed by atoms with Gasteiger partial charge in [0.15, 0.2) is 23.0 Å². The number of benzene rings is 4. The summed E-state index contributed by atoms with van der Waals surface area (Å²) in [6.07, 6.45) is 14.6. The minimum absolute atomic E-state index is 0.0308. The third-order valence-corrected chi connectivity index (χ3v) is 15.6. The molecule has 18 nitrogen and oxygen atoms in total. The average Bonchev–Trinajstić information content (AvgIpc) is 4.16. The van der Waals surface area contributed by atoms with Crippen LogP contribution < -0.4 is 36.1 Å². The van der Waals surface area contributed by atoms with Gasteiger partial charge in [0.05, 0.1) is 67.6 Å². The van der Waals surface area contributed by atoms with Crippen molar-refractivity contribution in [3.05, 3.63) is 131 Å². The van der Waals surface area contributed by atoms with E-state index in [0.29, 0.717) is 71.3 Å². The quantitative estimate of drug-likeness (QED) is 0.0404. The van der Waals surface area contributed by atoms with Gasteiger partial charge in [-0.3, -0.25) is 34.1 Å². The highest BCUT2D eigenvalue weighted by atomic mass is 16.5. The molecule has 5 aliphatic rings. The molecule has 4 amide bonds. The molecule has 5 heterocycles. The van der Waals surface area contributed by atoms with Gasteiger partial charge in [-0.2, -0.15) is 0 Å². The molecule has 0 radical (unpaired) electrons. The number of ether oxygens (including phenoxy) is 4. The third-order valence-electron chi connectivity index (χ3n) is 15.6. The van der Waals surface area contributed by atoms with Crippen molar-refractivity contribution in [2.24, 2.45) is 44.9 Å². The number of amides is 4. The van der Waals surface area contributed by atoms with Crippen LogP contribution in [-0.2, 0) is 9.59 Å². The summed E-state index contributed by atoms with van der Waals surface area (Å²) in [4.78, 5) is 77.2. The molecule has 0 bridgehead atoms. The van der Waals surface area contributed by atoms with E-state index >= 15 is 0 Å². The fourth-order valence-corrected chi connectivity index (χ4v) is 11.1. The maximum atomic E-state index is 14.2. The van der Waals surface area contributed by atoms with E-state index in [1.54, 1.807) is 77.0 Å². The molecule has 7 atom stereocenters. The number of unbranched alkanes of at least 4 members (excludes halogenated alkanes) is 2. The molecule has 7 N–H and O–H groups in total. The lowest BCUT2D eigenvalue weighted by molar-refractivity contribution is -0.136. The third kappa shape index (κ3) is 11.5. The lowest BCUT2D eigenvalue weighted by atomic mass is 9.74. The molecule has 5 aliphatic heterocycles. The van der Waals surface area contributed by atoms with Crippen molar-refractivity contribution in [1.82, 2.24) is 14.7 Å². The first-order valence-electron chi connectivity index (χ1n) is 26.6. The lowest BCUT2D eigenvalue weighted by Crippen LogP contribution is -2.50. The normalized spacial score (nSPS) is 19.3. The van der Waals surface area contributed by atoms with Gasteiger partial charge in [-0.1, -0.05) is 70.0 Å². The Morgan fingerprint density at radius 1 is 0.667 bits per heavy atom. The van der Waals surface area contributed by atoms with Crippen molar-refractivity contribution in [3.63, 3.8) is 0 Å². The maximum Gasteiger partial charge on any atom is 0.335 e. The van der Waals surface area contributed by atoms with E-state index in [1.807, 2.05) is 30.5 Å². The van der Waals surface area contributed by atoms with Crippen LogP contribution in [0.4, 0.5) is 11.4 Å². The van der Waals surface area contributed by atoms with Crippen LogP contribution in [-0.4, -0.2) is 120 Å². The van der Waals surface area contributed by atoms with Gasteiger partial charge in [-0.15, -0.1) is 0 Å². The van der Waals surface area contributed by atoms with Gasteiger partial charge in [-0.05, 0) is 82.7 Å². The number of carbonyl (C=O) groups is 5. The van der Waals surface area contributed by atoms with Gasteiger partial charge in [0.25, 0.3) is 23.6 Å². The number of fused-ring (bicyclic) bond motifs is 4. The minimum atomic E-state index is -1.00. The van der Waals surface area contributed by atoms with E-state index in [0.717, 1.165) is 53.5 Å². The smallest absolute Gasteiger partial charge is 0.335 e. The van der Waals surface area contributed by atoms with Gasteiger partial charge in [0, 0.05) is 93.0 Å². The number of aliphatic imine (C=N–C) groups is 2. The first-order valence-corrected chi connectivity index (χ1v) is 26.6. The summed E-state index contributed by atoms with van der Waals surface area (Å²) in [6.45, 7) is 7.28. The van der Waals surface area contributed by atoms with Crippen molar-refractivity contribution in [3.8, 4) is 23.0 Å². The van der Waals surface area contributed by atoms with Crippen LogP contribution >= 0.6 is 0 Å². The Labute approximate surface area is 454 Å². The number of hydrogen-bond acceptors (Lipinski definition) is 14. The van der Waals surface area contributed by atoms with E-state index < -0.39 is 5.97 Å². The number of nitrogens with zero attached hydrogens (tertiary/aromatic N) is 5. The van der Waals surface area contributed by atoms with Crippen LogP contribution in [0.5, 0.6) is 23.0 Å². The summed E-state index contributed by atoms with van der Waals surface area (Å²) in [7, 11) is 3.03. The minimum Gasteiger partial charge on any atom is -0.493 e. The average molecular weight is 1060 g/mol. The van der Waals surface area contributed by atoms with E-state index in [1.165, 1.54) is 31.3 Å². The van der Waals surface area contributed by atoms with Crippen LogP contribution in [0.2, 0.25) is 0 Å². The second-order valence-corrected chi connectivity index (χ2v) is 20.9.